The van der Waals surface area contributed by atoms with Gasteiger partial charge in [0.05, 0.1) is 0 Å². The van der Waals surface area contributed by atoms with E-state index in [9.17, 15) is 18.3 Å². The SMILES string of the molecule is Cc1cnc2c(OC(F)F)c(C)c(F)cc2c1[O-]. The maximum Gasteiger partial charge on any atom is 0.387 e. The van der Waals surface area contributed by atoms with Gasteiger partial charge in [-0.1, -0.05) is 5.75 Å². The Balaban J connectivity index is 2.82. The van der Waals surface area contributed by atoms with Gasteiger partial charge in [-0.05, 0) is 30.9 Å². The Morgan fingerprint density at radius 1 is 1.33 bits per heavy atom. The highest BCUT2D eigenvalue weighted by molar-refractivity contribution is 5.91. The van der Waals surface area contributed by atoms with Crippen molar-refractivity contribution in [2.45, 2.75) is 20.5 Å². The molecule has 3 nitrogen and oxygen atoms in total. The van der Waals surface area contributed by atoms with Crippen molar-refractivity contribution < 1.29 is 23.0 Å². The van der Waals surface area contributed by atoms with Crippen LogP contribution in [0.25, 0.3) is 10.9 Å². The Kier molecular flexibility index (Phi) is 3.02. The van der Waals surface area contributed by atoms with Crippen LogP contribution in [-0.2, 0) is 0 Å². The van der Waals surface area contributed by atoms with E-state index in [0.717, 1.165) is 6.07 Å². The number of rotatable bonds is 2. The molecule has 0 fully saturated rings. The van der Waals surface area contributed by atoms with Gasteiger partial charge in [-0.15, -0.1) is 0 Å². The fourth-order valence-corrected chi connectivity index (χ4v) is 1.68. The predicted molar refractivity (Wildman–Crippen MR) is 57.3 cm³/mol. The first-order valence-corrected chi connectivity index (χ1v) is 5.12. The molecule has 0 spiro atoms. The molecule has 0 aliphatic rings. The molecule has 1 heterocycles. The summed E-state index contributed by atoms with van der Waals surface area (Å²) in [5, 5.41) is 11.7. The van der Waals surface area contributed by atoms with Crippen molar-refractivity contribution in [1.29, 1.82) is 0 Å². The summed E-state index contributed by atoms with van der Waals surface area (Å²) in [5.41, 5.74) is 0.164. The number of ether oxygens (including phenoxy) is 1. The molecule has 0 unspecified atom stereocenters. The molecule has 96 valence electrons. The second-order valence-corrected chi connectivity index (χ2v) is 3.86. The topological polar surface area (TPSA) is 45.2 Å². The van der Waals surface area contributed by atoms with Crippen LogP contribution in [0.2, 0.25) is 0 Å². The van der Waals surface area contributed by atoms with Gasteiger partial charge in [0.25, 0.3) is 0 Å². The summed E-state index contributed by atoms with van der Waals surface area (Å²) in [6.45, 7) is -0.300. The van der Waals surface area contributed by atoms with E-state index < -0.39 is 23.9 Å². The summed E-state index contributed by atoms with van der Waals surface area (Å²) in [6, 6.07) is 0.991. The molecule has 1 aromatic carbocycles. The van der Waals surface area contributed by atoms with Gasteiger partial charge in [0.2, 0.25) is 0 Å². The summed E-state index contributed by atoms with van der Waals surface area (Å²) in [6.07, 6.45) is 1.25. The van der Waals surface area contributed by atoms with Crippen LogP contribution in [0.3, 0.4) is 0 Å². The monoisotopic (exact) mass is 256 g/mol. The Morgan fingerprint density at radius 2 is 2.00 bits per heavy atom. The molecule has 1 aromatic heterocycles. The summed E-state index contributed by atoms with van der Waals surface area (Å²) in [5.74, 6) is -1.61. The van der Waals surface area contributed by atoms with E-state index in [1.807, 2.05) is 0 Å². The molecule has 0 radical (unpaired) electrons. The van der Waals surface area contributed by atoms with Crippen LogP contribution in [0.4, 0.5) is 13.2 Å². The molecule has 0 N–H and O–H groups in total. The summed E-state index contributed by atoms with van der Waals surface area (Å²) in [7, 11) is 0. The molecule has 0 bridgehead atoms. The van der Waals surface area contributed by atoms with Crippen LogP contribution < -0.4 is 9.84 Å². The van der Waals surface area contributed by atoms with Gasteiger partial charge in [0.15, 0.2) is 5.75 Å². The van der Waals surface area contributed by atoms with Crippen molar-refractivity contribution in [3.05, 3.63) is 29.2 Å². The quantitative estimate of drug-likeness (QED) is 0.829. The van der Waals surface area contributed by atoms with Gasteiger partial charge in [-0.2, -0.15) is 8.78 Å². The number of fused-ring (bicyclic) bond motifs is 1. The lowest BCUT2D eigenvalue weighted by Gasteiger charge is -2.17. The number of hydrogen-bond donors (Lipinski definition) is 0. The molecule has 0 aliphatic carbocycles. The fourth-order valence-electron chi connectivity index (χ4n) is 1.68. The normalized spacial score (nSPS) is 11.2. The molecule has 0 saturated carbocycles. The predicted octanol–water partition coefficient (Wildman–Crippen LogP) is 2.67. The minimum absolute atomic E-state index is 0.0511. The van der Waals surface area contributed by atoms with Crippen molar-refractivity contribution in [3.8, 4) is 11.5 Å². The third kappa shape index (κ3) is 1.94. The van der Waals surface area contributed by atoms with Crippen LogP contribution in [0.15, 0.2) is 12.3 Å². The first-order chi connectivity index (χ1) is 8.41. The van der Waals surface area contributed by atoms with Crippen LogP contribution >= 0.6 is 0 Å². The highest BCUT2D eigenvalue weighted by Crippen LogP contribution is 2.35. The molecule has 2 aromatic rings. The molecular formula is C12H9F3NO2-. The summed E-state index contributed by atoms with van der Waals surface area (Å²) < 4.78 is 42.4. The van der Waals surface area contributed by atoms with E-state index in [0.29, 0.717) is 5.56 Å². The minimum Gasteiger partial charge on any atom is -0.872 e. The number of benzene rings is 1. The zero-order valence-electron chi connectivity index (χ0n) is 9.63. The van der Waals surface area contributed by atoms with E-state index in [-0.39, 0.29) is 16.5 Å². The third-order valence-electron chi connectivity index (χ3n) is 2.64. The highest BCUT2D eigenvalue weighted by Gasteiger charge is 2.17. The number of pyridine rings is 1. The van der Waals surface area contributed by atoms with Crippen molar-refractivity contribution >= 4 is 10.9 Å². The van der Waals surface area contributed by atoms with Crippen molar-refractivity contribution in [3.63, 3.8) is 0 Å². The maximum atomic E-state index is 13.6. The van der Waals surface area contributed by atoms with Gasteiger partial charge in [-0.3, -0.25) is 4.98 Å². The van der Waals surface area contributed by atoms with Crippen molar-refractivity contribution in [1.82, 2.24) is 4.98 Å². The zero-order valence-corrected chi connectivity index (χ0v) is 9.63. The minimum atomic E-state index is -3.10. The average Bonchev–Trinajstić information content (AvgIpc) is 2.30. The number of nitrogens with zero attached hydrogens (tertiary/aromatic N) is 1. The molecule has 0 atom stereocenters. The molecule has 18 heavy (non-hydrogen) atoms. The lowest BCUT2D eigenvalue weighted by molar-refractivity contribution is -0.266. The smallest absolute Gasteiger partial charge is 0.387 e. The first-order valence-electron chi connectivity index (χ1n) is 5.12. The summed E-state index contributed by atoms with van der Waals surface area (Å²) >= 11 is 0. The third-order valence-corrected chi connectivity index (χ3v) is 2.64. The van der Waals surface area contributed by atoms with Gasteiger partial charge in [0, 0.05) is 11.8 Å². The van der Waals surface area contributed by atoms with Crippen LogP contribution in [0.5, 0.6) is 11.5 Å². The van der Waals surface area contributed by atoms with Crippen LogP contribution in [-0.4, -0.2) is 11.6 Å². The lowest BCUT2D eigenvalue weighted by Crippen LogP contribution is -2.07. The lowest BCUT2D eigenvalue weighted by atomic mass is 10.1. The zero-order chi connectivity index (χ0) is 13.4. The van der Waals surface area contributed by atoms with E-state index in [4.69, 9.17) is 0 Å². The molecule has 2 rings (SSSR count). The van der Waals surface area contributed by atoms with Gasteiger partial charge < -0.3 is 9.84 Å². The van der Waals surface area contributed by atoms with Crippen LogP contribution in [0, 0.1) is 19.7 Å². The number of aryl methyl sites for hydroxylation is 1. The maximum absolute atomic E-state index is 13.6. The molecule has 6 heteroatoms. The molecular weight excluding hydrogens is 247 g/mol. The average molecular weight is 256 g/mol. The largest absolute Gasteiger partial charge is 0.872 e. The standard InChI is InChI=1S/C12H10F3NO2/c1-5-4-16-9-7(10(5)17)3-8(13)6(2)11(9)18-12(14)15/h3-4,12H,1-2H3,(H,16,17)/p-1. The summed E-state index contributed by atoms with van der Waals surface area (Å²) in [4.78, 5) is 3.87. The Hall–Kier alpha value is -1.98. The van der Waals surface area contributed by atoms with E-state index in [2.05, 4.69) is 9.72 Å². The van der Waals surface area contributed by atoms with E-state index >= 15 is 0 Å². The molecule has 0 saturated heterocycles. The van der Waals surface area contributed by atoms with Crippen molar-refractivity contribution in [2.24, 2.45) is 0 Å². The second kappa shape index (κ2) is 4.36. The van der Waals surface area contributed by atoms with Crippen LogP contribution in [0.1, 0.15) is 11.1 Å². The fraction of sp³-hybridized carbons (Fsp3) is 0.250. The first kappa shape index (κ1) is 12.5. The van der Waals surface area contributed by atoms with Gasteiger partial charge >= 0.3 is 6.61 Å². The van der Waals surface area contributed by atoms with Gasteiger partial charge in [0.1, 0.15) is 11.3 Å². The van der Waals surface area contributed by atoms with Gasteiger partial charge in [-0.25, -0.2) is 4.39 Å². The Bertz CT molecular complexity index is 614. The Labute approximate surface area is 101 Å². The highest BCUT2D eigenvalue weighted by atomic mass is 19.3. The molecule has 0 aliphatic heterocycles. The number of halogens is 3. The van der Waals surface area contributed by atoms with E-state index in [1.165, 1.54) is 20.0 Å². The number of alkyl halides is 2. The second-order valence-electron chi connectivity index (χ2n) is 3.86. The Morgan fingerprint density at radius 3 is 2.61 bits per heavy atom. The number of aromatic nitrogens is 1. The van der Waals surface area contributed by atoms with E-state index in [1.54, 1.807) is 0 Å². The molecule has 0 amide bonds. The van der Waals surface area contributed by atoms with Crippen molar-refractivity contribution in [2.75, 3.05) is 0 Å². The number of hydrogen-bond acceptors (Lipinski definition) is 3.